The Hall–Kier alpha value is -0.0600. The molecule has 0 atom stereocenters. The maximum absolute atomic E-state index is 3.59. The van der Waals surface area contributed by atoms with Gasteiger partial charge in [-0.3, -0.25) is 4.90 Å². The number of halogens is 2. The van der Waals surface area contributed by atoms with Gasteiger partial charge in [0.2, 0.25) is 0 Å². The molecule has 0 amide bonds. The van der Waals surface area contributed by atoms with Crippen molar-refractivity contribution in [1.82, 2.24) is 4.90 Å². The molecule has 0 aliphatic carbocycles. The van der Waals surface area contributed by atoms with Crippen molar-refractivity contribution in [3.8, 4) is 0 Å². The van der Waals surface area contributed by atoms with E-state index in [1.165, 1.54) is 11.3 Å². The fourth-order valence-corrected chi connectivity index (χ4v) is 3.27. The minimum atomic E-state index is 0.231. The quantitative estimate of drug-likeness (QED) is 0.724. The lowest BCUT2D eigenvalue weighted by Gasteiger charge is -2.46. The van der Waals surface area contributed by atoms with E-state index in [9.17, 15) is 0 Å². The van der Waals surface area contributed by atoms with Gasteiger partial charge in [-0.1, -0.05) is 31.9 Å². The van der Waals surface area contributed by atoms with Gasteiger partial charge in [0.1, 0.15) is 0 Å². The van der Waals surface area contributed by atoms with Gasteiger partial charge in [0, 0.05) is 40.7 Å². The number of hydrogen-bond donors (Lipinski definition) is 0. The summed E-state index contributed by atoms with van der Waals surface area (Å²) >= 11 is 7.14. The van der Waals surface area contributed by atoms with E-state index in [4.69, 9.17) is 0 Å². The Morgan fingerprint density at radius 1 is 1.28 bits per heavy atom. The summed E-state index contributed by atoms with van der Waals surface area (Å²) in [6.07, 6.45) is 0. The molecule has 1 aromatic rings. The molecule has 0 saturated carbocycles. The Bertz CT molecular complexity index is 432. The van der Waals surface area contributed by atoms with E-state index < -0.39 is 0 Å². The molecule has 0 bridgehead atoms. The summed E-state index contributed by atoms with van der Waals surface area (Å²) < 4.78 is 1.15. The van der Waals surface area contributed by atoms with Crippen LogP contribution < -0.4 is 4.90 Å². The van der Waals surface area contributed by atoms with Crippen LogP contribution in [0.1, 0.15) is 19.4 Å². The fraction of sp³-hybridized carbons (Fsp3) is 0.571. The van der Waals surface area contributed by atoms with Gasteiger partial charge in [-0.25, -0.2) is 0 Å². The largest absolute Gasteiger partial charge is 0.368 e. The van der Waals surface area contributed by atoms with Gasteiger partial charge in [-0.15, -0.1) is 0 Å². The molecule has 0 spiro atoms. The summed E-state index contributed by atoms with van der Waals surface area (Å²) in [6.45, 7) is 7.91. The number of piperazine rings is 1. The van der Waals surface area contributed by atoms with Crippen LogP contribution in [0.25, 0.3) is 0 Å². The van der Waals surface area contributed by atoms with E-state index in [0.717, 1.165) is 29.4 Å². The summed E-state index contributed by atoms with van der Waals surface area (Å²) in [4.78, 5) is 4.94. The standard InChI is InChI=1S/C14H20Br2N2/c1-14(2)10-18(7-6-17(14)3)13-5-4-12(16)8-11(13)9-15/h4-5,8H,6-7,9-10H2,1-3H3. The lowest BCUT2D eigenvalue weighted by Crippen LogP contribution is -2.57. The molecule has 0 aromatic heterocycles. The minimum absolute atomic E-state index is 0.231. The lowest BCUT2D eigenvalue weighted by molar-refractivity contribution is 0.139. The van der Waals surface area contributed by atoms with E-state index >= 15 is 0 Å². The maximum Gasteiger partial charge on any atom is 0.0409 e. The zero-order chi connectivity index (χ0) is 13.3. The second kappa shape index (κ2) is 5.51. The van der Waals surface area contributed by atoms with Crippen LogP contribution >= 0.6 is 31.9 Å². The number of alkyl halides is 1. The third-order valence-corrected chi connectivity index (χ3v) is 4.94. The molecule has 100 valence electrons. The van der Waals surface area contributed by atoms with Gasteiger partial charge in [-0.05, 0) is 44.7 Å². The number of hydrogen-bond acceptors (Lipinski definition) is 2. The highest BCUT2D eigenvalue weighted by Gasteiger charge is 2.31. The summed E-state index contributed by atoms with van der Waals surface area (Å²) in [5, 5.41) is 0.897. The molecule has 1 aliphatic rings. The van der Waals surface area contributed by atoms with E-state index in [1.807, 2.05) is 0 Å². The van der Waals surface area contributed by atoms with E-state index in [-0.39, 0.29) is 5.54 Å². The van der Waals surface area contributed by atoms with Crippen molar-refractivity contribution in [3.63, 3.8) is 0 Å². The predicted octanol–water partition coefficient (Wildman–Crippen LogP) is 3.87. The average Bonchev–Trinajstić information content (AvgIpc) is 2.32. The van der Waals surface area contributed by atoms with Gasteiger partial charge >= 0.3 is 0 Å². The number of nitrogens with zero attached hydrogens (tertiary/aromatic N) is 2. The predicted molar refractivity (Wildman–Crippen MR) is 85.7 cm³/mol. The van der Waals surface area contributed by atoms with E-state index in [1.54, 1.807) is 0 Å². The highest BCUT2D eigenvalue weighted by Crippen LogP contribution is 2.30. The fourth-order valence-electron chi connectivity index (χ4n) is 2.42. The molecule has 2 rings (SSSR count). The average molecular weight is 376 g/mol. The summed E-state index contributed by atoms with van der Waals surface area (Å²) in [7, 11) is 2.21. The zero-order valence-corrected chi connectivity index (χ0v) is 14.4. The van der Waals surface area contributed by atoms with Crippen molar-refractivity contribution in [3.05, 3.63) is 28.2 Å². The van der Waals surface area contributed by atoms with E-state index in [2.05, 4.69) is 80.8 Å². The normalized spacial score (nSPS) is 20.2. The van der Waals surface area contributed by atoms with Crippen molar-refractivity contribution in [1.29, 1.82) is 0 Å². The van der Waals surface area contributed by atoms with Crippen molar-refractivity contribution >= 4 is 37.5 Å². The molecule has 0 radical (unpaired) electrons. The molecule has 1 fully saturated rings. The van der Waals surface area contributed by atoms with Crippen LogP contribution in [0.2, 0.25) is 0 Å². The topological polar surface area (TPSA) is 6.48 Å². The lowest BCUT2D eigenvalue weighted by atomic mass is 9.98. The van der Waals surface area contributed by atoms with Crippen LogP contribution in [-0.2, 0) is 5.33 Å². The molecule has 1 aromatic carbocycles. The first-order valence-corrected chi connectivity index (χ1v) is 8.16. The Morgan fingerprint density at radius 3 is 2.61 bits per heavy atom. The SMILES string of the molecule is CN1CCN(c2ccc(Br)cc2CBr)CC1(C)C. The van der Waals surface area contributed by atoms with Crippen LogP contribution in [0.4, 0.5) is 5.69 Å². The molecular formula is C14H20Br2N2. The van der Waals surface area contributed by atoms with Crippen LogP contribution in [-0.4, -0.2) is 37.1 Å². The second-order valence-electron chi connectivity index (χ2n) is 5.56. The van der Waals surface area contributed by atoms with Gasteiger partial charge in [-0.2, -0.15) is 0 Å². The van der Waals surface area contributed by atoms with E-state index in [0.29, 0.717) is 0 Å². The third kappa shape index (κ3) is 2.91. The first kappa shape index (κ1) is 14.4. The first-order valence-electron chi connectivity index (χ1n) is 6.24. The number of likely N-dealkylation sites (N-methyl/N-ethyl adjacent to an activating group) is 1. The van der Waals surface area contributed by atoms with Crippen molar-refractivity contribution in [2.45, 2.75) is 24.7 Å². The molecule has 0 N–H and O–H groups in total. The molecular weight excluding hydrogens is 356 g/mol. The third-order valence-electron chi connectivity index (χ3n) is 3.84. The highest BCUT2D eigenvalue weighted by molar-refractivity contribution is 9.10. The van der Waals surface area contributed by atoms with Gasteiger partial charge in [0.15, 0.2) is 0 Å². The van der Waals surface area contributed by atoms with Crippen LogP contribution in [0.3, 0.4) is 0 Å². The zero-order valence-electron chi connectivity index (χ0n) is 11.2. The number of benzene rings is 1. The highest BCUT2D eigenvalue weighted by atomic mass is 79.9. The molecule has 4 heteroatoms. The van der Waals surface area contributed by atoms with Crippen molar-refractivity contribution in [2.75, 3.05) is 31.6 Å². The Labute approximate surface area is 127 Å². The van der Waals surface area contributed by atoms with Crippen molar-refractivity contribution < 1.29 is 0 Å². The first-order chi connectivity index (χ1) is 8.44. The number of rotatable bonds is 2. The molecule has 1 saturated heterocycles. The Morgan fingerprint density at radius 2 is 2.00 bits per heavy atom. The molecule has 18 heavy (non-hydrogen) atoms. The summed E-state index contributed by atoms with van der Waals surface area (Å²) in [5.74, 6) is 0. The second-order valence-corrected chi connectivity index (χ2v) is 7.04. The van der Waals surface area contributed by atoms with Gasteiger partial charge in [0.05, 0.1) is 0 Å². The van der Waals surface area contributed by atoms with Gasteiger partial charge < -0.3 is 4.90 Å². The van der Waals surface area contributed by atoms with Gasteiger partial charge in [0.25, 0.3) is 0 Å². The monoisotopic (exact) mass is 374 g/mol. The summed E-state index contributed by atoms with van der Waals surface area (Å²) in [6, 6.07) is 6.56. The maximum atomic E-state index is 3.59. The van der Waals surface area contributed by atoms with Crippen LogP contribution in [0, 0.1) is 0 Å². The smallest absolute Gasteiger partial charge is 0.0409 e. The van der Waals surface area contributed by atoms with Crippen molar-refractivity contribution in [2.24, 2.45) is 0 Å². The van der Waals surface area contributed by atoms with Crippen LogP contribution in [0.5, 0.6) is 0 Å². The molecule has 2 nitrogen and oxygen atoms in total. The molecule has 0 unspecified atom stereocenters. The Kier molecular flexibility index (Phi) is 4.40. The molecule has 1 heterocycles. The summed E-state index contributed by atoms with van der Waals surface area (Å²) in [5.41, 5.74) is 2.94. The Balaban J connectivity index is 2.27. The number of anilines is 1. The van der Waals surface area contributed by atoms with Crippen LogP contribution in [0.15, 0.2) is 22.7 Å². The molecule has 1 aliphatic heterocycles. The minimum Gasteiger partial charge on any atom is -0.368 e.